The minimum absolute atomic E-state index is 0.719. The molecule has 1 aliphatic rings. The van der Waals surface area contributed by atoms with Crippen molar-refractivity contribution in [3.8, 4) is 0 Å². The predicted molar refractivity (Wildman–Crippen MR) is 90.4 cm³/mol. The Kier molecular flexibility index (Phi) is 4.43. The van der Waals surface area contributed by atoms with Crippen LogP contribution in [-0.4, -0.2) is 0 Å². The van der Waals surface area contributed by atoms with E-state index in [9.17, 15) is 0 Å². The quantitative estimate of drug-likeness (QED) is 0.636. The third-order valence-electron chi connectivity index (χ3n) is 4.95. The van der Waals surface area contributed by atoms with Crippen LogP contribution in [0.25, 0.3) is 0 Å². The predicted octanol–water partition coefficient (Wildman–Crippen LogP) is 5.70. The zero-order valence-electron chi connectivity index (χ0n) is 13.2. The van der Waals surface area contributed by atoms with Crippen molar-refractivity contribution in [2.75, 3.05) is 0 Å². The highest BCUT2D eigenvalue weighted by Crippen LogP contribution is 2.49. The molecule has 2 atom stereocenters. The van der Waals surface area contributed by atoms with Crippen LogP contribution in [0.3, 0.4) is 0 Å². The maximum Gasteiger partial charge on any atom is -0.00997 e. The SMILES string of the molecule is CC(C)C(Cc1ccccc1)C(c1ccccc1)C1CC1. The molecule has 0 N–H and O–H groups in total. The monoisotopic (exact) mass is 278 g/mol. The smallest absolute Gasteiger partial charge is 0.00997 e. The maximum atomic E-state index is 2.39. The third-order valence-corrected chi connectivity index (χ3v) is 4.95. The van der Waals surface area contributed by atoms with Gasteiger partial charge in [-0.25, -0.2) is 0 Å². The van der Waals surface area contributed by atoms with Crippen LogP contribution in [0, 0.1) is 17.8 Å². The molecule has 0 bridgehead atoms. The molecule has 0 aromatic heterocycles. The second-order valence-electron chi connectivity index (χ2n) is 6.87. The van der Waals surface area contributed by atoms with E-state index in [1.807, 2.05) is 0 Å². The van der Waals surface area contributed by atoms with Crippen LogP contribution >= 0.6 is 0 Å². The van der Waals surface area contributed by atoms with Crippen LogP contribution < -0.4 is 0 Å². The first-order valence-corrected chi connectivity index (χ1v) is 8.34. The highest BCUT2D eigenvalue weighted by atomic mass is 14.4. The van der Waals surface area contributed by atoms with Gasteiger partial charge in [-0.15, -0.1) is 0 Å². The number of rotatable bonds is 6. The normalized spacial score (nSPS) is 17.7. The van der Waals surface area contributed by atoms with Crippen molar-refractivity contribution in [1.29, 1.82) is 0 Å². The van der Waals surface area contributed by atoms with Gasteiger partial charge in [-0.1, -0.05) is 74.5 Å². The molecule has 0 heterocycles. The Bertz CT molecular complexity index is 537. The van der Waals surface area contributed by atoms with Crippen molar-refractivity contribution in [2.24, 2.45) is 17.8 Å². The first kappa shape index (κ1) is 14.4. The molecule has 2 aromatic rings. The fourth-order valence-corrected chi connectivity index (χ4v) is 3.66. The number of hydrogen-bond donors (Lipinski definition) is 0. The molecule has 3 rings (SSSR count). The lowest BCUT2D eigenvalue weighted by atomic mass is 9.73. The highest BCUT2D eigenvalue weighted by molar-refractivity contribution is 5.25. The van der Waals surface area contributed by atoms with E-state index in [-0.39, 0.29) is 0 Å². The molecular weight excluding hydrogens is 252 g/mol. The van der Waals surface area contributed by atoms with Crippen LogP contribution in [-0.2, 0) is 6.42 Å². The first-order valence-electron chi connectivity index (χ1n) is 8.34. The Labute approximate surface area is 129 Å². The summed E-state index contributed by atoms with van der Waals surface area (Å²) in [4.78, 5) is 0. The van der Waals surface area contributed by atoms with Gasteiger partial charge in [0.1, 0.15) is 0 Å². The summed E-state index contributed by atoms with van der Waals surface area (Å²) in [5.41, 5.74) is 3.03. The molecule has 2 unspecified atom stereocenters. The van der Waals surface area contributed by atoms with Gasteiger partial charge in [0, 0.05) is 0 Å². The lowest BCUT2D eigenvalue weighted by Gasteiger charge is -2.31. The Morgan fingerprint density at radius 2 is 1.43 bits per heavy atom. The van der Waals surface area contributed by atoms with Gasteiger partial charge >= 0.3 is 0 Å². The van der Waals surface area contributed by atoms with Crippen molar-refractivity contribution >= 4 is 0 Å². The summed E-state index contributed by atoms with van der Waals surface area (Å²) in [5.74, 6) is 3.09. The Morgan fingerprint density at radius 1 is 0.857 bits per heavy atom. The van der Waals surface area contributed by atoms with Crippen molar-refractivity contribution in [1.82, 2.24) is 0 Å². The maximum absolute atomic E-state index is 2.39. The van der Waals surface area contributed by atoms with Gasteiger partial charge in [0.15, 0.2) is 0 Å². The second kappa shape index (κ2) is 6.47. The standard InChI is InChI=1S/C21H26/c1-16(2)20(15-17-9-5-3-6-10-17)21(19-13-14-19)18-11-7-4-8-12-18/h3-12,16,19-21H,13-15H2,1-2H3. The van der Waals surface area contributed by atoms with E-state index < -0.39 is 0 Å². The lowest BCUT2D eigenvalue weighted by molar-refractivity contribution is 0.292. The van der Waals surface area contributed by atoms with Crippen LogP contribution in [0.15, 0.2) is 60.7 Å². The molecule has 0 heteroatoms. The Hall–Kier alpha value is -1.56. The zero-order valence-corrected chi connectivity index (χ0v) is 13.2. The molecule has 2 aromatic carbocycles. The summed E-state index contributed by atoms with van der Waals surface area (Å²) >= 11 is 0. The molecule has 1 fully saturated rings. The molecule has 0 spiro atoms. The van der Waals surface area contributed by atoms with E-state index in [2.05, 4.69) is 74.5 Å². The van der Waals surface area contributed by atoms with E-state index >= 15 is 0 Å². The van der Waals surface area contributed by atoms with E-state index in [1.165, 1.54) is 24.8 Å². The average Bonchev–Trinajstić information content (AvgIpc) is 3.33. The van der Waals surface area contributed by atoms with Gasteiger partial charge in [-0.3, -0.25) is 0 Å². The molecule has 0 aliphatic heterocycles. The van der Waals surface area contributed by atoms with Crippen LogP contribution in [0.1, 0.15) is 43.7 Å². The van der Waals surface area contributed by atoms with Crippen LogP contribution in [0.4, 0.5) is 0 Å². The van der Waals surface area contributed by atoms with Gasteiger partial charge in [-0.2, -0.15) is 0 Å². The molecule has 0 nitrogen and oxygen atoms in total. The molecule has 0 saturated heterocycles. The first-order chi connectivity index (χ1) is 10.3. The minimum atomic E-state index is 0.719. The molecule has 0 amide bonds. The van der Waals surface area contributed by atoms with Gasteiger partial charge in [0.05, 0.1) is 0 Å². The summed E-state index contributed by atoms with van der Waals surface area (Å²) in [6, 6.07) is 22.2. The largest absolute Gasteiger partial charge is 0.0625 e. The van der Waals surface area contributed by atoms with Gasteiger partial charge in [0.25, 0.3) is 0 Å². The second-order valence-corrected chi connectivity index (χ2v) is 6.87. The van der Waals surface area contributed by atoms with Gasteiger partial charge in [0.2, 0.25) is 0 Å². The molecule has 0 radical (unpaired) electrons. The van der Waals surface area contributed by atoms with Crippen molar-refractivity contribution in [3.63, 3.8) is 0 Å². The lowest BCUT2D eigenvalue weighted by Crippen LogP contribution is -2.22. The minimum Gasteiger partial charge on any atom is -0.0625 e. The Balaban J connectivity index is 1.87. The summed E-state index contributed by atoms with van der Waals surface area (Å²) in [6.45, 7) is 4.79. The van der Waals surface area contributed by atoms with E-state index in [1.54, 1.807) is 5.56 Å². The number of benzene rings is 2. The number of hydrogen-bond acceptors (Lipinski definition) is 0. The van der Waals surface area contributed by atoms with Crippen LogP contribution in [0.5, 0.6) is 0 Å². The summed E-state index contributed by atoms with van der Waals surface area (Å²) in [6.07, 6.45) is 4.03. The third kappa shape index (κ3) is 3.56. The fourth-order valence-electron chi connectivity index (χ4n) is 3.66. The molecule has 1 aliphatic carbocycles. The Morgan fingerprint density at radius 3 is 1.95 bits per heavy atom. The summed E-state index contributed by atoms with van der Waals surface area (Å²) in [5, 5.41) is 0. The van der Waals surface area contributed by atoms with Crippen molar-refractivity contribution in [3.05, 3.63) is 71.8 Å². The van der Waals surface area contributed by atoms with E-state index in [0.717, 1.165) is 23.7 Å². The topological polar surface area (TPSA) is 0 Å². The zero-order chi connectivity index (χ0) is 14.7. The molecule has 21 heavy (non-hydrogen) atoms. The van der Waals surface area contributed by atoms with Crippen molar-refractivity contribution in [2.45, 2.75) is 39.0 Å². The van der Waals surface area contributed by atoms with Gasteiger partial charge in [-0.05, 0) is 54.1 Å². The fraction of sp³-hybridized carbons (Fsp3) is 0.429. The highest BCUT2D eigenvalue weighted by Gasteiger charge is 2.38. The van der Waals surface area contributed by atoms with Gasteiger partial charge < -0.3 is 0 Å². The summed E-state index contributed by atoms with van der Waals surface area (Å²) < 4.78 is 0. The van der Waals surface area contributed by atoms with Crippen molar-refractivity contribution < 1.29 is 0 Å². The summed E-state index contributed by atoms with van der Waals surface area (Å²) in [7, 11) is 0. The van der Waals surface area contributed by atoms with Crippen LogP contribution in [0.2, 0.25) is 0 Å². The molecule has 1 saturated carbocycles. The molecular formula is C21H26. The van der Waals surface area contributed by atoms with E-state index in [0.29, 0.717) is 0 Å². The average molecular weight is 278 g/mol. The van der Waals surface area contributed by atoms with E-state index in [4.69, 9.17) is 0 Å². The molecule has 110 valence electrons.